The van der Waals surface area contributed by atoms with Gasteiger partial charge in [-0.15, -0.1) is 0 Å². The molecule has 0 radical (unpaired) electrons. The van der Waals surface area contributed by atoms with Crippen LogP contribution in [-0.2, 0) is 18.9 Å². The Balaban J connectivity index is 0.991. The van der Waals surface area contributed by atoms with Crippen molar-refractivity contribution in [3.8, 4) is 0 Å². The van der Waals surface area contributed by atoms with E-state index in [4.69, 9.17) is 18.9 Å². The van der Waals surface area contributed by atoms with E-state index in [0.29, 0.717) is 71.8 Å². The Morgan fingerprint density at radius 1 is 0.265 bits per heavy atom. The molecule has 12 unspecified atom stereocenters. The summed E-state index contributed by atoms with van der Waals surface area (Å²) in [5.74, 6) is 4.04. The first kappa shape index (κ1) is 52.2. The van der Waals surface area contributed by atoms with Crippen LogP contribution >= 0.6 is 0 Å². The first-order chi connectivity index (χ1) is 32.1. The molecule has 9 aliphatic rings. The van der Waals surface area contributed by atoms with Gasteiger partial charge in [0.25, 0.3) is 0 Å². The molecule has 4 aliphatic carbocycles. The summed E-state index contributed by atoms with van der Waals surface area (Å²) in [5, 5.41) is 34.7. The molecule has 392 valence electrons. The molecule has 9 rings (SSSR count). The number of likely N-dealkylation sites (N-methyl/N-ethyl adjacent to an activating group) is 4. The van der Waals surface area contributed by atoms with Crippen molar-refractivity contribution in [2.45, 2.75) is 151 Å². The Bertz CT molecular complexity index is 1390. The number of quaternary nitrogens is 4. The fraction of sp³-hybridized carbons (Fsp3) is 1.00. The zero-order valence-corrected chi connectivity index (χ0v) is 45.1. The average molecular weight is 961 g/mol. The van der Waals surface area contributed by atoms with Crippen LogP contribution in [0.3, 0.4) is 0 Å². The zero-order valence-electron chi connectivity index (χ0n) is 45.1. The van der Waals surface area contributed by atoms with Crippen molar-refractivity contribution in [3.05, 3.63) is 0 Å². The summed E-state index contributed by atoms with van der Waals surface area (Å²) in [6.45, 7) is 7.42. The fourth-order valence-electron chi connectivity index (χ4n) is 14.4. The molecule has 5 heterocycles. The number of rotatable bonds is 16. The standard InChI is InChI=1S/C52H104N12O4/c1-61(2,3)21-25-65-33-13-17-37-41(29-33)49-53-45(37)58-50-43-31-35(67-27-23-63(7,8)9)15-19-39(43)47(55-50)60-52-44-32-36(68-28-24-64(10,11)12)16-20-40(44)48(56-52)59-51-42-30-34(66-26-22-62(4,5)6)14-18-38(42)46(54-51)57-49/h33-60H,13-32H2,1-12H3/q+4. The van der Waals surface area contributed by atoms with Gasteiger partial charge in [-0.2, -0.15) is 0 Å². The van der Waals surface area contributed by atoms with Crippen molar-refractivity contribution in [2.24, 2.45) is 47.3 Å². The highest BCUT2D eigenvalue weighted by atomic mass is 16.5. The number of hydrogen-bond donors (Lipinski definition) is 8. The molecular formula is C52H104N12O4+4. The van der Waals surface area contributed by atoms with E-state index in [-0.39, 0.29) is 49.3 Å². The summed E-state index contributed by atoms with van der Waals surface area (Å²) in [5.41, 5.74) is 0. The van der Waals surface area contributed by atoms with Crippen LogP contribution in [0.4, 0.5) is 0 Å². The van der Waals surface area contributed by atoms with E-state index in [0.717, 1.165) is 122 Å². The smallest absolute Gasteiger partial charge is 0.102 e. The summed E-state index contributed by atoms with van der Waals surface area (Å²) < 4.78 is 30.7. The van der Waals surface area contributed by atoms with Gasteiger partial charge >= 0.3 is 0 Å². The lowest BCUT2D eigenvalue weighted by molar-refractivity contribution is -0.870. The van der Waals surface area contributed by atoms with Gasteiger partial charge in [-0.05, 0) is 124 Å². The van der Waals surface area contributed by atoms with Crippen LogP contribution in [0.25, 0.3) is 0 Å². The maximum Gasteiger partial charge on any atom is 0.102 e. The van der Waals surface area contributed by atoms with Gasteiger partial charge in [0.15, 0.2) is 0 Å². The van der Waals surface area contributed by atoms with E-state index in [1.807, 2.05) is 0 Å². The summed E-state index contributed by atoms with van der Waals surface area (Å²) in [4.78, 5) is 0. The minimum atomic E-state index is 0.195. The van der Waals surface area contributed by atoms with Gasteiger partial charge in [-0.25, -0.2) is 0 Å². The molecule has 68 heavy (non-hydrogen) atoms. The molecule has 9 fully saturated rings. The van der Waals surface area contributed by atoms with Crippen molar-refractivity contribution in [3.63, 3.8) is 0 Å². The highest BCUT2D eigenvalue weighted by Crippen LogP contribution is 2.47. The van der Waals surface area contributed by atoms with Crippen LogP contribution in [-0.4, -0.2) is 229 Å². The highest BCUT2D eigenvalue weighted by molar-refractivity contribution is 5.10. The Kier molecular flexibility index (Phi) is 16.4. The van der Waals surface area contributed by atoms with Gasteiger partial charge in [-0.3, -0.25) is 42.5 Å². The van der Waals surface area contributed by atoms with Gasteiger partial charge in [0.2, 0.25) is 0 Å². The molecular weight excluding hydrogens is 857 g/mol. The summed E-state index contributed by atoms with van der Waals surface area (Å²) in [7, 11) is 27.3. The third kappa shape index (κ3) is 13.2. The quantitative estimate of drug-likeness (QED) is 0.107. The number of nitrogens with one attached hydrogen (secondary N) is 8. The van der Waals surface area contributed by atoms with Crippen LogP contribution in [0.2, 0.25) is 0 Å². The fourth-order valence-corrected chi connectivity index (χ4v) is 14.4. The maximum atomic E-state index is 6.75. The zero-order chi connectivity index (χ0) is 48.2. The van der Waals surface area contributed by atoms with Gasteiger partial charge in [-0.1, -0.05) is 0 Å². The minimum absolute atomic E-state index is 0.195. The van der Waals surface area contributed by atoms with Crippen LogP contribution in [0, 0.1) is 47.3 Å². The summed E-state index contributed by atoms with van der Waals surface area (Å²) in [6.07, 6.45) is 16.5. The molecule has 0 aromatic heterocycles. The topological polar surface area (TPSA) is 133 Å². The van der Waals surface area contributed by atoms with E-state index in [2.05, 4.69) is 127 Å². The normalized spacial score (nSPS) is 44.3. The largest absolute Gasteiger partial charge is 0.372 e. The van der Waals surface area contributed by atoms with Crippen LogP contribution in [0.15, 0.2) is 0 Å². The van der Waals surface area contributed by atoms with Crippen molar-refractivity contribution in [2.75, 3.05) is 137 Å². The van der Waals surface area contributed by atoms with Gasteiger partial charge in [0, 0.05) is 0 Å². The van der Waals surface area contributed by atoms with Crippen molar-refractivity contribution in [1.82, 2.24) is 42.5 Å². The third-order valence-corrected chi connectivity index (χ3v) is 18.4. The molecule has 12 atom stereocenters. The third-order valence-electron chi connectivity index (χ3n) is 18.4. The Labute approximate surface area is 413 Å². The van der Waals surface area contributed by atoms with Crippen molar-refractivity contribution in [1.29, 1.82) is 0 Å². The van der Waals surface area contributed by atoms with Crippen LogP contribution < -0.4 is 42.5 Å². The van der Waals surface area contributed by atoms with Crippen LogP contribution in [0.1, 0.15) is 77.0 Å². The molecule has 8 N–H and O–H groups in total. The molecule has 5 saturated heterocycles. The molecule has 0 spiro atoms. The van der Waals surface area contributed by atoms with Gasteiger partial charge in [0.1, 0.15) is 26.2 Å². The van der Waals surface area contributed by atoms with Gasteiger partial charge < -0.3 is 36.9 Å². The predicted molar refractivity (Wildman–Crippen MR) is 269 cm³/mol. The number of ether oxygens (including phenoxy) is 4. The molecule has 8 bridgehead atoms. The first-order valence-electron chi connectivity index (χ1n) is 27.9. The molecule has 0 amide bonds. The molecule has 0 aromatic rings. The molecule has 0 aromatic carbocycles. The average Bonchev–Trinajstić information content (AvgIpc) is 3.97. The molecule has 4 saturated carbocycles. The summed E-state index contributed by atoms with van der Waals surface area (Å²) in [6, 6.07) is 0. The summed E-state index contributed by atoms with van der Waals surface area (Å²) >= 11 is 0. The van der Waals surface area contributed by atoms with E-state index in [9.17, 15) is 0 Å². The lowest BCUT2D eigenvalue weighted by Gasteiger charge is -2.39. The van der Waals surface area contributed by atoms with E-state index >= 15 is 0 Å². The molecule has 16 heteroatoms. The van der Waals surface area contributed by atoms with Gasteiger partial charge in [0.05, 0.1) is 185 Å². The highest BCUT2D eigenvalue weighted by Gasteiger charge is 2.56. The number of hydrogen-bond acceptors (Lipinski definition) is 12. The van der Waals surface area contributed by atoms with Crippen LogP contribution in [0.5, 0.6) is 0 Å². The Morgan fingerprint density at radius 3 is 0.618 bits per heavy atom. The molecule has 5 aliphatic heterocycles. The van der Waals surface area contributed by atoms with E-state index < -0.39 is 0 Å². The SMILES string of the molecule is C[N+](C)(C)CCOC1CCC2C3NC(NC4NC(NC5NC(NC6NC(N3)C3CC(OCC[N+](C)(C)C)CCC63)C3CC(OCC[N+](C)(C)C)CCC53)C3CC(OCC[N+](C)(C)C)CCC43)C2C1. The maximum absolute atomic E-state index is 6.75. The lowest BCUT2D eigenvalue weighted by Crippen LogP contribution is -2.61. The predicted octanol–water partition coefficient (Wildman–Crippen LogP) is 1.41. The first-order valence-corrected chi connectivity index (χ1v) is 27.9. The molecule has 16 nitrogen and oxygen atoms in total. The number of nitrogens with zero attached hydrogens (tertiary/aromatic N) is 4. The van der Waals surface area contributed by atoms with Crippen molar-refractivity contribution >= 4 is 0 Å². The lowest BCUT2D eigenvalue weighted by atomic mass is 9.75. The monoisotopic (exact) mass is 961 g/mol. The Hall–Kier alpha value is -0.640. The van der Waals surface area contributed by atoms with Crippen molar-refractivity contribution < 1.29 is 36.9 Å². The number of fused-ring (bicyclic) bond motifs is 20. The second-order valence-corrected chi connectivity index (χ2v) is 27.7. The van der Waals surface area contributed by atoms with E-state index in [1.165, 1.54) is 25.7 Å². The second kappa shape index (κ2) is 21.3. The Morgan fingerprint density at radius 2 is 0.441 bits per heavy atom. The van der Waals surface area contributed by atoms with E-state index in [1.54, 1.807) is 0 Å². The minimum Gasteiger partial charge on any atom is -0.372 e. The second-order valence-electron chi connectivity index (χ2n) is 27.7.